The molecule has 6 rings (SSSR count). The molecule has 0 saturated heterocycles. The molecule has 2 N–H and O–H groups in total. The zero-order valence-electron chi connectivity index (χ0n) is 26.7. The van der Waals surface area contributed by atoms with Crippen molar-refractivity contribution in [2.24, 2.45) is 0 Å². The van der Waals surface area contributed by atoms with E-state index in [1.54, 1.807) is 6.07 Å². The van der Waals surface area contributed by atoms with Crippen LogP contribution in [-0.2, 0) is 26.2 Å². The fraction of sp³-hybridized carbons (Fsp3) is 0.306. The number of ether oxygens (including phenoxy) is 2. The van der Waals surface area contributed by atoms with Gasteiger partial charge in [-0.25, -0.2) is 13.8 Å². The standard InChI is InChI=1S/C36H37F2N5O3S/c1-6-30(44)39-21(2)28-18-29(42-41-28)34-32(31(27(38)9-13-37)22(3)46-15-14-45-5)35-25(10-16-47-35)33(40-34)23-7-8-24-19-43(4)20-36(11-12-36)26(24)17-23/h6-10,13,16-18,21H,1,3,11-12,14-15,19-20H2,2,4-5H3,(H,39,44)(H,41,42)/b13-9+,31-27-/t21-/m1/s1. The maximum absolute atomic E-state index is 16.0. The topological polar surface area (TPSA) is 92.4 Å². The van der Waals surface area contributed by atoms with E-state index < -0.39 is 11.9 Å². The average molecular weight is 658 g/mol. The van der Waals surface area contributed by atoms with Crippen molar-refractivity contribution in [3.8, 4) is 22.6 Å². The number of fused-ring (bicyclic) bond motifs is 3. The monoisotopic (exact) mass is 657 g/mol. The third-order valence-corrected chi connectivity index (χ3v) is 9.75. The second-order valence-corrected chi connectivity index (χ2v) is 13.0. The summed E-state index contributed by atoms with van der Waals surface area (Å²) in [6.07, 6.45) is 4.36. The van der Waals surface area contributed by atoms with Gasteiger partial charge in [0, 0.05) is 52.9 Å². The number of methoxy groups -OCH3 is 1. The number of H-pyrrole nitrogens is 1. The molecule has 1 aliphatic carbocycles. The summed E-state index contributed by atoms with van der Waals surface area (Å²) < 4.78 is 41.1. The highest BCUT2D eigenvalue weighted by Crippen LogP contribution is 2.53. The van der Waals surface area contributed by atoms with Crippen LogP contribution in [0.1, 0.15) is 48.2 Å². The summed E-state index contributed by atoms with van der Waals surface area (Å²) in [5.41, 5.74) is 6.20. The maximum atomic E-state index is 16.0. The summed E-state index contributed by atoms with van der Waals surface area (Å²) in [6, 6.07) is 9.84. The van der Waals surface area contributed by atoms with Crippen molar-refractivity contribution >= 4 is 32.9 Å². The number of amides is 1. The van der Waals surface area contributed by atoms with Gasteiger partial charge in [-0.3, -0.25) is 9.89 Å². The molecule has 1 aromatic carbocycles. The number of pyridine rings is 1. The van der Waals surface area contributed by atoms with Crippen LogP contribution in [0.4, 0.5) is 8.78 Å². The third-order valence-electron chi connectivity index (χ3n) is 8.82. The lowest BCUT2D eigenvalue weighted by Crippen LogP contribution is -2.35. The van der Waals surface area contributed by atoms with Gasteiger partial charge in [0.1, 0.15) is 29.6 Å². The number of rotatable bonds is 12. The molecule has 1 spiro atoms. The van der Waals surface area contributed by atoms with E-state index in [1.807, 2.05) is 18.4 Å². The first-order valence-corrected chi connectivity index (χ1v) is 16.3. The summed E-state index contributed by atoms with van der Waals surface area (Å²) in [5.74, 6) is -1.22. The van der Waals surface area contributed by atoms with E-state index in [1.165, 1.54) is 35.6 Å². The molecule has 1 saturated carbocycles. The number of allylic oxidation sites excluding steroid dienone is 3. The van der Waals surface area contributed by atoms with Gasteiger partial charge in [-0.05, 0) is 67.6 Å². The summed E-state index contributed by atoms with van der Waals surface area (Å²) >= 11 is 1.41. The molecule has 0 bridgehead atoms. The smallest absolute Gasteiger partial charge is 0.243 e. The molecule has 3 aromatic heterocycles. The predicted molar refractivity (Wildman–Crippen MR) is 182 cm³/mol. The molecule has 11 heteroatoms. The van der Waals surface area contributed by atoms with Crippen molar-refractivity contribution in [3.05, 3.63) is 101 Å². The van der Waals surface area contributed by atoms with Crippen molar-refractivity contribution in [2.45, 2.75) is 37.8 Å². The van der Waals surface area contributed by atoms with Gasteiger partial charge in [0.2, 0.25) is 5.91 Å². The molecule has 4 heterocycles. The predicted octanol–water partition coefficient (Wildman–Crippen LogP) is 7.53. The number of carbonyl (C=O) groups excluding carboxylic acids is 1. The Morgan fingerprint density at radius 3 is 2.79 bits per heavy atom. The zero-order chi connectivity index (χ0) is 33.3. The lowest BCUT2D eigenvalue weighted by molar-refractivity contribution is -0.117. The molecule has 0 radical (unpaired) electrons. The number of nitrogens with one attached hydrogen (secondary N) is 2. The Bertz CT molecular complexity index is 1920. The van der Waals surface area contributed by atoms with Gasteiger partial charge in [0.25, 0.3) is 0 Å². The molecule has 0 unspecified atom stereocenters. The third kappa shape index (κ3) is 6.30. The molecule has 8 nitrogen and oxygen atoms in total. The Morgan fingerprint density at radius 1 is 1.26 bits per heavy atom. The first-order chi connectivity index (χ1) is 22.7. The van der Waals surface area contributed by atoms with Crippen molar-refractivity contribution in [1.29, 1.82) is 0 Å². The van der Waals surface area contributed by atoms with Gasteiger partial charge in [0.15, 0.2) is 0 Å². The summed E-state index contributed by atoms with van der Waals surface area (Å²) in [5, 5.41) is 13.1. The number of aromatic nitrogens is 3. The van der Waals surface area contributed by atoms with Crippen LogP contribution >= 0.6 is 11.3 Å². The Balaban J connectivity index is 1.58. The summed E-state index contributed by atoms with van der Waals surface area (Å²) in [4.78, 5) is 19.6. The minimum absolute atomic E-state index is 0.000834. The Kier molecular flexibility index (Phi) is 9.23. The first kappa shape index (κ1) is 32.5. The normalized spacial score (nSPS) is 16.6. The maximum Gasteiger partial charge on any atom is 0.243 e. The second kappa shape index (κ2) is 13.3. The molecular weight excluding hydrogens is 620 g/mol. The average Bonchev–Trinajstić information content (AvgIpc) is 3.40. The zero-order valence-corrected chi connectivity index (χ0v) is 27.5. The number of halogens is 2. The molecule has 1 aliphatic heterocycles. The van der Waals surface area contributed by atoms with E-state index >= 15 is 4.39 Å². The van der Waals surface area contributed by atoms with E-state index in [2.05, 4.69) is 58.8 Å². The summed E-state index contributed by atoms with van der Waals surface area (Å²) in [6.45, 7) is 11.6. The van der Waals surface area contributed by atoms with E-state index in [9.17, 15) is 9.18 Å². The Morgan fingerprint density at radius 2 is 2.06 bits per heavy atom. The van der Waals surface area contributed by atoms with Crippen molar-refractivity contribution in [3.63, 3.8) is 0 Å². The second-order valence-electron chi connectivity index (χ2n) is 12.1. The van der Waals surface area contributed by atoms with Crippen LogP contribution in [0.2, 0.25) is 0 Å². The van der Waals surface area contributed by atoms with E-state index in [-0.39, 0.29) is 42.2 Å². The molecule has 1 fully saturated rings. The van der Waals surface area contributed by atoms with Crippen LogP contribution in [0.25, 0.3) is 38.3 Å². The van der Waals surface area contributed by atoms with Gasteiger partial charge in [-0.1, -0.05) is 25.3 Å². The van der Waals surface area contributed by atoms with Gasteiger partial charge in [0.05, 0.1) is 35.9 Å². The lowest BCUT2D eigenvalue weighted by atomic mass is 9.85. The highest BCUT2D eigenvalue weighted by molar-refractivity contribution is 7.17. The molecule has 2 aliphatic rings. The SMILES string of the molecule is C=CC(=O)N[C@H](C)c1cc(-c2nc(-c3ccc4c(c3)C3(CC3)CN(C)C4)c3ccsc3c2/C(C(=C)OCCOC)=C(F)/C=C/F)n[nH]1. The number of carbonyl (C=O) groups is 1. The van der Waals surface area contributed by atoms with Crippen LogP contribution in [0.5, 0.6) is 0 Å². The molecule has 4 aromatic rings. The summed E-state index contributed by atoms with van der Waals surface area (Å²) in [7, 11) is 3.69. The van der Waals surface area contributed by atoms with Crippen molar-refractivity contribution in [1.82, 2.24) is 25.4 Å². The number of benzene rings is 1. The number of aromatic amines is 1. The molecule has 244 valence electrons. The lowest BCUT2D eigenvalue weighted by Gasteiger charge is -2.33. The Labute approximate surface area is 276 Å². The highest BCUT2D eigenvalue weighted by Gasteiger charge is 2.48. The van der Waals surface area contributed by atoms with E-state index in [0.29, 0.717) is 22.6 Å². The molecule has 1 atom stereocenters. The molecular formula is C36H37F2N5O3S. The van der Waals surface area contributed by atoms with Crippen molar-refractivity contribution < 1.29 is 23.0 Å². The van der Waals surface area contributed by atoms with E-state index in [4.69, 9.17) is 14.5 Å². The van der Waals surface area contributed by atoms with Crippen LogP contribution < -0.4 is 5.32 Å². The number of thiophene rings is 1. The van der Waals surface area contributed by atoms with Crippen LogP contribution in [-0.4, -0.2) is 59.9 Å². The van der Waals surface area contributed by atoms with Gasteiger partial charge >= 0.3 is 0 Å². The van der Waals surface area contributed by atoms with Gasteiger partial charge in [-0.2, -0.15) is 5.10 Å². The van der Waals surface area contributed by atoms with Crippen LogP contribution in [0.15, 0.2) is 78.9 Å². The van der Waals surface area contributed by atoms with Crippen LogP contribution in [0, 0.1) is 0 Å². The van der Waals surface area contributed by atoms with Crippen molar-refractivity contribution in [2.75, 3.05) is 33.9 Å². The first-order valence-electron chi connectivity index (χ1n) is 15.4. The highest BCUT2D eigenvalue weighted by atomic mass is 32.1. The minimum atomic E-state index is -0.878. The number of nitrogens with zero attached hydrogens (tertiary/aromatic N) is 3. The minimum Gasteiger partial charge on any atom is -0.491 e. The van der Waals surface area contributed by atoms with Crippen LogP contribution in [0.3, 0.4) is 0 Å². The number of likely N-dealkylation sites (N-methyl/N-ethyl adjacent to an activating group) is 1. The molecule has 47 heavy (non-hydrogen) atoms. The van der Waals surface area contributed by atoms with Gasteiger partial charge < -0.3 is 19.7 Å². The quantitative estimate of drug-likeness (QED) is 0.0708. The Hall–Kier alpha value is -4.45. The largest absolute Gasteiger partial charge is 0.491 e. The van der Waals surface area contributed by atoms with E-state index in [0.717, 1.165) is 53.4 Å². The molecule has 1 amide bonds. The fourth-order valence-electron chi connectivity index (χ4n) is 6.43. The van der Waals surface area contributed by atoms with Gasteiger partial charge in [-0.15, -0.1) is 11.3 Å². The number of hydrogen-bond acceptors (Lipinski definition) is 7. The fourth-order valence-corrected chi connectivity index (χ4v) is 7.37. The number of hydrogen-bond donors (Lipinski definition) is 2.